The molecule has 0 radical (unpaired) electrons. The second-order valence-corrected chi connectivity index (χ2v) is 5.02. The average Bonchev–Trinajstić information content (AvgIpc) is 2.45. The first kappa shape index (κ1) is 14.2. The zero-order chi connectivity index (χ0) is 14.5. The van der Waals surface area contributed by atoms with Crippen LogP contribution in [0.5, 0.6) is 0 Å². The molecule has 1 saturated heterocycles. The van der Waals surface area contributed by atoms with Crippen molar-refractivity contribution in [2.45, 2.75) is 25.7 Å². The van der Waals surface area contributed by atoms with Crippen molar-refractivity contribution < 1.29 is 14.8 Å². The van der Waals surface area contributed by atoms with E-state index in [0.717, 1.165) is 19.4 Å². The average molecular weight is 279 g/mol. The summed E-state index contributed by atoms with van der Waals surface area (Å²) in [7, 11) is 0. The molecular formula is C13H17N3O4. The summed E-state index contributed by atoms with van der Waals surface area (Å²) in [4.78, 5) is 27.1. The predicted molar refractivity (Wildman–Crippen MR) is 72.7 cm³/mol. The number of piperidine rings is 1. The Labute approximate surface area is 116 Å². The third kappa shape index (κ3) is 3.66. The topological polar surface area (TPSA) is 96.6 Å². The first-order valence-electron chi connectivity index (χ1n) is 6.63. The van der Waals surface area contributed by atoms with E-state index in [-0.39, 0.29) is 12.1 Å². The van der Waals surface area contributed by atoms with Gasteiger partial charge in [-0.15, -0.1) is 0 Å². The second kappa shape index (κ2) is 6.31. The third-order valence-corrected chi connectivity index (χ3v) is 3.55. The molecule has 0 spiro atoms. The van der Waals surface area contributed by atoms with Crippen LogP contribution in [0, 0.1) is 16.0 Å². The largest absolute Gasteiger partial charge is 0.481 e. The number of pyridine rings is 1. The highest BCUT2D eigenvalue weighted by molar-refractivity contribution is 5.66. The maximum atomic E-state index is 10.8. The lowest BCUT2D eigenvalue weighted by Crippen LogP contribution is -2.36. The Morgan fingerprint density at radius 3 is 3.10 bits per heavy atom. The van der Waals surface area contributed by atoms with E-state index in [9.17, 15) is 14.9 Å². The van der Waals surface area contributed by atoms with Gasteiger partial charge in [-0.1, -0.05) is 0 Å². The number of hydrogen-bond donors (Lipinski definition) is 1. The number of anilines is 1. The molecule has 1 aliphatic rings. The molecule has 1 unspecified atom stereocenters. The van der Waals surface area contributed by atoms with Crippen LogP contribution in [0.3, 0.4) is 0 Å². The van der Waals surface area contributed by atoms with Gasteiger partial charge in [0.1, 0.15) is 5.82 Å². The maximum absolute atomic E-state index is 10.8. The molecule has 1 atom stereocenters. The standard InChI is InChI=1S/C13H17N3O4/c17-13(18)4-3-10-2-1-7-15(9-10)12-8-11(16(19)20)5-6-14-12/h5-6,8,10H,1-4,7,9H2,(H,17,18). The van der Waals surface area contributed by atoms with Gasteiger partial charge in [-0.3, -0.25) is 14.9 Å². The number of carboxylic acids is 1. The molecule has 1 aromatic rings. The Balaban J connectivity index is 2.03. The molecule has 2 rings (SSSR count). The molecule has 0 aromatic carbocycles. The van der Waals surface area contributed by atoms with E-state index in [2.05, 4.69) is 4.98 Å². The fourth-order valence-corrected chi connectivity index (χ4v) is 2.53. The quantitative estimate of drug-likeness (QED) is 0.654. The lowest BCUT2D eigenvalue weighted by atomic mass is 9.93. The lowest BCUT2D eigenvalue weighted by molar-refractivity contribution is -0.384. The molecule has 1 N–H and O–H groups in total. The Morgan fingerprint density at radius 1 is 1.60 bits per heavy atom. The van der Waals surface area contributed by atoms with Crippen LogP contribution >= 0.6 is 0 Å². The van der Waals surface area contributed by atoms with Gasteiger partial charge in [0, 0.05) is 31.8 Å². The van der Waals surface area contributed by atoms with Crippen molar-refractivity contribution in [3.63, 3.8) is 0 Å². The van der Waals surface area contributed by atoms with Gasteiger partial charge in [0.2, 0.25) is 0 Å². The Kier molecular flexibility index (Phi) is 4.49. The molecule has 1 aromatic heterocycles. The van der Waals surface area contributed by atoms with Crippen molar-refractivity contribution in [3.8, 4) is 0 Å². The summed E-state index contributed by atoms with van der Waals surface area (Å²) in [6, 6.07) is 2.84. The highest BCUT2D eigenvalue weighted by atomic mass is 16.6. The maximum Gasteiger partial charge on any atom is 0.303 e. The molecule has 7 nitrogen and oxygen atoms in total. The fourth-order valence-electron chi connectivity index (χ4n) is 2.53. The smallest absolute Gasteiger partial charge is 0.303 e. The van der Waals surface area contributed by atoms with E-state index in [1.54, 1.807) is 0 Å². The first-order valence-corrected chi connectivity index (χ1v) is 6.63. The number of hydrogen-bond acceptors (Lipinski definition) is 5. The molecule has 2 heterocycles. The summed E-state index contributed by atoms with van der Waals surface area (Å²) in [6.07, 6.45) is 4.20. The summed E-state index contributed by atoms with van der Waals surface area (Å²) in [5, 5.41) is 19.5. The minimum atomic E-state index is -0.782. The summed E-state index contributed by atoms with van der Waals surface area (Å²) < 4.78 is 0. The van der Waals surface area contributed by atoms with E-state index < -0.39 is 10.9 Å². The van der Waals surface area contributed by atoms with E-state index in [0.29, 0.717) is 24.7 Å². The van der Waals surface area contributed by atoms with E-state index >= 15 is 0 Å². The van der Waals surface area contributed by atoms with E-state index in [4.69, 9.17) is 5.11 Å². The highest BCUT2D eigenvalue weighted by Crippen LogP contribution is 2.26. The first-order chi connectivity index (χ1) is 9.56. The molecule has 108 valence electrons. The summed E-state index contributed by atoms with van der Waals surface area (Å²) >= 11 is 0. The number of nitrogens with zero attached hydrogens (tertiary/aromatic N) is 3. The van der Waals surface area contributed by atoms with Crippen LogP contribution in [0.25, 0.3) is 0 Å². The van der Waals surface area contributed by atoms with Crippen molar-refractivity contribution in [2.75, 3.05) is 18.0 Å². The van der Waals surface area contributed by atoms with Gasteiger partial charge in [-0.05, 0) is 25.2 Å². The Morgan fingerprint density at radius 2 is 2.40 bits per heavy atom. The van der Waals surface area contributed by atoms with Gasteiger partial charge >= 0.3 is 5.97 Å². The van der Waals surface area contributed by atoms with Crippen LogP contribution in [-0.2, 0) is 4.79 Å². The number of carbonyl (C=O) groups is 1. The zero-order valence-electron chi connectivity index (χ0n) is 11.1. The van der Waals surface area contributed by atoms with E-state index in [1.165, 1.54) is 18.3 Å². The van der Waals surface area contributed by atoms with Crippen molar-refractivity contribution in [1.82, 2.24) is 4.98 Å². The Bertz CT molecular complexity index is 506. The minimum absolute atomic E-state index is 0.0302. The molecule has 7 heteroatoms. The monoisotopic (exact) mass is 279 g/mol. The summed E-state index contributed by atoms with van der Waals surface area (Å²) in [5.74, 6) is 0.121. The molecule has 0 amide bonds. The molecule has 0 bridgehead atoms. The number of aromatic nitrogens is 1. The SMILES string of the molecule is O=C(O)CCC1CCCN(c2cc([N+](=O)[O-])ccn2)C1. The van der Waals surface area contributed by atoms with Crippen LogP contribution < -0.4 is 4.90 Å². The van der Waals surface area contributed by atoms with E-state index in [1.807, 2.05) is 4.90 Å². The lowest BCUT2D eigenvalue weighted by Gasteiger charge is -2.33. The number of nitro groups is 1. The van der Waals surface area contributed by atoms with Crippen molar-refractivity contribution in [1.29, 1.82) is 0 Å². The summed E-state index contributed by atoms with van der Waals surface area (Å²) in [5.41, 5.74) is 0.0302. The summed E-state index contributed by atoms with van der Waals surface area (Å²) in [6.45, 7) is 1.51. The minimum Gasteiger partial charge on any atom is -0.481 e. The third-order valence-electron chi connectivity index (χ3n) is 3.55. The van der Waals surface area contributed by atoms with Gasteiger partial charge in [-0.25, -0.2) is 4.98 Å². The van der Waals surface area contributed by atoms with Gasteiger partial charge in [0.05, 0.1) is 11.0 Å². The van der Waals surface area contributed by atoms with Crippen LogP contribution in [0.4, 0.5) is 11.5 Å². The molecule has 1 aliphatic heterocycles. The second-order valence-electron chi connectivity index (χ2n) is 5.02. The normalized spacial score (nSPS) is 18.8. The van der Waals surface area contributed by atoms with Crippen molar-refractivity contribution >= 4 is 17.5 Å². The van der Waals surface area contributed by atoms with Gasteiger partial charge in [-0.2, -0.15) is 0 Å². The van der Waals surface area contributed by atoms with Crippen molar-refractivity contribution in [2.24, 2.45) is 5.92 Å². The van der Waals surface area contributed by atoms with Crippen LogP contribution in [0.2, 0.25) is 0 Å². The molecular weight excluding hydrogens is 262 g/mol. The molecule has 0 aliphatic carbocycles. The number of carboxylic acid groups (broad SMARTS) is 1. The Hall–Kier alpha value is -2.18. The fraction of sp³-hybridized carbons (Fsp3) is 0.538. The molecule has 20 heavy (non-hydrogen) atoms. The number of aliphatic carboxylic acids is 1. The van der Waals surface area contributed by atoms with Crippen LogP contribution in [0.1, 0.15) is 25.7 Å². The van der Waals surface area contributed by atoms with Crippen LogP contribution in [-0.4, -0.2) is 34.1 Å². The predicted octanol–water partition coefficient (Wildman–Crippen LogP) is 2.07. The molecule has 1 fully saturated rings. The highest BCUT2D eigenvalue weighted by Gasteiger charge is 2.22. The van der Waals surface area contributed by atoms with Gasteiger partial charge in [0.25, 0.3) is 5.69 Å². The van der Waals surface area contributed by atoms with Gasteiger partial charge in [0.15, 0.2) is 0 Å². The molecule has 0 saturated carbocycles. The van der Waals surface area contributed by atoms with Crippen LogP contribution in [0.15, 0.2) is 18.3 Å². The number of rotatable bonds is 5. The van der Waals surface area contributed by atoms with Gasteiger partial charge < -0.3 is 10.0 Å². The van der Waals surface area contributed by atoms with Crippen molar-refractivity contribution in [3.05, 3.63) is 28.4 Å². The zero-order valence-corrected chi connectivity index (χ0v) is 11.1.